The van der Waals surface area contributed by atoms with Crippen LogP contribution in [0.25, 0.3) is 11.1 Å². The van der Waals surface area contributed by atoms with E-state index in [9.17, 15) is 0 Å². The quantitative estimate of drug-likeness (QED) is 0.400. The minimum Gasteiger partial charge on any atom is -0.493 e. The SMILES string of the molecule is CCC.COc1ccc(-c2ccc(COc3ccc4c(c3)CCC(CCN)C4)cc2)cc1OC. The molecular weight excluding hydrogens is 422 g/mol. The molecule has 4 rings (SSSR count). The third kappa shape index (κ3) is 6.77. The Morgan fingerprint density at radius 1 is 0.824 bits per heavy atom. The highest BCUT2D eigenvalue weighted by Gasteiger charge is 2.18. The Balaban J connectivity index is 0.00000103. The van der Waals surface area contributed by atoms with Crippen LogP contribution in [0.1, 0.15) is 49.8 Å². The van der Waals surface area contributed by atoms with Crippen LogP contribution in [0.2, 0.25) is 0 Å². The first-order chi connectivity index (χ1) is 16.6. The Morgan fingerprint density at radius 3 is 2.21 bits per heavy atom. The lowest BCUT2D eigenvalue weighted by Crippen LogP contribution is -2.17. The van der Waals surface area contributed by atoms with E-state index in [1.807, 2.05) is 18.2 Å². The smallest absolute Gasteiger partial charge is 0.161 e. The van der Waals surface area contributed by atoms with E-state index in [4.69, 9.17) is 19.9 Å². The summed E-state index contributed by atoms with van der Waals surface area (Å²) in [6, 6.07) is 21.0. The Kier molecular flexibility index (Phi) is 9.84. The molecule has 3 aromatic rings. The number of nitrogens with two attached hydrogens (primary N) is 1. The van der Waals surface area contributed by atoms with Crippen molar-refractivity contribution in [3.63, 3.8) is 0 Å². The number of aryl methyl sites for hydroxylation is 1. The maximum absolute atomic E-state index is 6.09. The molecule has 1 aliphatic carbocycles. The molecule has 34 heavy (non-hydrogen) atoms. The standard InChI is InChI=1S/C27H31NO3.C3H8/c1-29-26-12-10-24(17-27(26)30-2)21-6-4-20(5-7-21)18-31-25-11-9-22-15-19(13-14-28)3-8-23(22)16-25;1-3-2/h4-7,9-12,16-17,19H,3,8,13-15,18,28H2,1-2H3;3H2,1-2H3. The number of rotatable bonds is 8. The third-order valence-electron chi connectivity index (χ3n) is 6.16. The summed E-state index contributed by atoms with van der Waals surface area (Å²) in [5.74, 6) is 3.14. The fraction of sp³-hybridized carbons (Fsp3) is 0.400. The van der Waals surface area contributed by atoms with Crippen molar-refractivity contribution in [2.45, 2.75) is 52.6 Å². The van der Waals surface area contributed by atoms with Crippen molar-refractivity contribution >= 4 is 0 Å². The van der Waals surface area contributed by atoms with E-state index in [0.29, 0.717) is 6.61 Å². The van der Waals surface area contributed by atoms with E-state index in [0.717, 1.165) is 65.7 Å². The summed E-state index contributed by atoms with van der Waals surface area (Å²) in [7, 11) is 3.30. The van der Waals surface area contributed by atoms with Gasteiger partial charge in [-0.25, -0.2) is 0 Å². The largest absolute Gasteiger partial charge is 0.493 e. The van der Waals surface area contributed by atoms with Crippen LogP contribution in [-0.4, -0.2) is 20.8 Å². The van der Waals surface area contributed by atoms with Crippen molar-refractivity contribution in [2.24, 2.45) is 11.7 Å². The third-order valence-corrected chi connectivity index (χ3v) is 6.16. The minimum absolute atomic E-state index is 0.556. The first-order valence-corrected chi connectivity index (χ1v) is 12.4. The monoisotopic (exact) mass is 461 g/mol. The molecule has 182 valence electrons. The lowest BCUT2D eigenvalue weighted by atomic mass is 9.82. The molecule has 0 fully saturated rings. The van der Waals surface area contributed by atoms with E-state index >= 15 is 0 Å². The maximum Gasteiger partial charge on any atom is 0.161 e. The highest BCUT2D eigenvalue weighted by Crippen LogP contribution is 2.33. The predicted octanol–water partition coefficient (Wildman–Crippen LogP) is 6.82. The van der Waals surface area contributed by atoms with E-state index in [2.05, 4.69) is 56.3 Å². The molecule has 0 saturated carbocycles. The second-order valence-electron chi connectivity index (χ2n) is 8.88. The number of benzene rings is 3. The maximum atomic E-state index is 6.09. The average molecular weight is 462 g/mol. The van der Waals surface area contributed by atoms with Crippen molar-refractivity contribution in [3.8, 4) is 28.4 Å². The Labute approximate surface area is 205 Å². The number of ether oxygens (including phenoxy) is 3. The van der Waals surface area contributed by atoms with E-state index in [-0.39, 0.29) is 0 Å². The fourth-order valence-corrected chi connectivity index (χ4v) is 4.35. The predicted molar refractivity (Wildman–Crippen MR) is 141 cm³/mol. The first-order valence-electron chi connectivity index (χ1n) is 12.4. The van der Waals surface area contributed by atoms with Gasteiger partial charge in [0.15, 0.2) is 11.5 Å². The molecule has 0 amide bonds. The second-order valence-corrected chi connectivity index (χ2v) is 8.88. The topological polar surface area (TPSA) is 53.7 Å². The molecule has 0 saturated heterocycles. The second kappa shape index (κ2) is 13.0. The lowest BCUT2D eigenvalue weighted by Gasteiger charge is -2.24. The molecule has 0 aliphatic heterocycles. The van der Waals surface area contributed by atoms with Crippen molar-refractivity contribution in [3.05, 3.63) is 77.4 Å². The van der Waals surface area contributed by atoms with Crippen LogP contribution in [0.5, 0.6) is 17.2 Å². The van der Waals surface area contributed by atoms with Crippen LogP contribution in [0, 0.1) is 5.92 Å². The highest BCUT2D eigenvalue weighted by atomic mass is 16.5. The summed E-state index contributed by atoms with van der Waals surface area (Å²) in [5, 5.41) is 0. The summed E-state index contributed by atoms with van der Waals surface area (Å²) < 4.78 is 16.8. The highest BCUT2D eigenvalue weighted by molar-refractivity contribution is 5.67. The summed E-state index contributed by atoms with van der Waals surface area (Å²) in [5.41, 5.74) is 12.0. The summed E-state index contributed by atoms with van der Waals surface area (Å²) in [4.78, 5) is 0. The van der Waals surface area contributed by atoms with Gasteiger partial charge in [-0.15, -0.1) is 0 Å². The summed E-state index contributed by atoms with van der Waals surface area (Å²) >= 11 is 0. The normalized spacial score (nSPS) is 14.4. The van der Waals surface area contributed by atoms with Gasteiger partial charge >= 0.3 is 0 Å². The minimum atomic E-state index is 0.556. The van der Waals surface area contributed by atoms with Gasteiger partial charge in [-0.05, 0) is 90.2 Å². The van der Waals surface area contributed by atoms with Gasteiger partial charge in [0.1, 0.15) is 12.4 Å². The zero-order valence-corrected chi connectivity index (χ0v) is 21.1. The molecule has 0 radical (unpaired) electrons. The van der Waals surface area contributed by atoms with Crippen LogP contribution in [0.4, 0.5) is 0 Å². The van der Waals surface area contributed by atoms with Crippen molar-refractivity contribution in [2.75, 3.05) is 20.8 Å². The van der Waals surface area contributed by atoms with Gasteiger partial charge in [-0.2, -0.15) is 0 Å². The van der Waals surface area contributed by atoms with Crippen LogP contribution in [0.3, 0.4) is 0 Å². The van der Waals surface area contributed by atoms with Crippen LogP contribution < -0.4 is 19.9 Å². The number of hydrogen-bond donors (Lipinski definition) is 1. The Bertz CT molecular complexity index is 1030. The van der Waals surface area contributed by atoms with Gasteiger partial charge < -0.3 is 19.9 Å². The fourth-order valence-electron chi connectivity index (χ4n) is 4.35. The van der Waals surface area contributed by atoms with Gasteiger partial charge in [0.05, 0.1) is 14.2 Å². The van der Waals surface area contributed by atoms with Crippen molar-refractivity contribution < 1.29 is 14.2 Å². The van der Waals surface area contributed by atoms with Crippen molar-refractivity contribution in [1.29, 1.82) is 0 Å². The zero-order chi connectivity index (χ0) is 24.3. The van der Waals surface area contributed by atoms with E-state index in [1.165, 1.54) is 24.0 Å². The molecule has 0 aromatic heterocycles. The molecule has 0 heterocycles. The summed E-state index contributed by atoms with van der Waals surface area (Å²) in [6.07, 6.45) is 5.86. The average Bonchev–Trinajstić information content (AvgIpc) is 2.88. The van der Waals surface area contributed by atoms with Gasteiger partial charge in [-0.3, -0.25) is 0 Å². The molecule has 1 unspecified atom stereocenters. The lowest BCUT2D eigenvalue weighted by molar-refractivity contribution is 0.305. The van der Waals surface area contributed by atoms with Gasteiger partial charge in [0, 0.05) is 0 Å². The number of fused-ring (bicyclic) bond motifs is 1. The molecule has 2 N–H and O–H groups in total. The molecule has 1 atom stereocenters. The van der Waals surface area contributed by atoms with Crippen LogP contribution in [0.15, 0.2) is 60.7 Å². The molecule has 3 aromatic carbocycles. The van der Waals surface area contributed by atoms with Gasteiger partial charge in [0.2, 0.25) is 0 Å². The molecule has 1 aliphatic rings. The van der Waals surface area contributed by atoms with Crippen molar-refractivity contribution in [1.82, 2.24) is 0 Å². The number of hydrogen-bond acceptors (Lipinski definition) is 4. The van der Waals surface area contributed by atoms with E-state index in [1.54, 1.807) is 14.2 Å². The number of methoxy groups -OCH3 is 2. The van der Waals surface area contributed by atoms with E-state index < -0.39 is 0 Å². The summed E-state index contributed by atoms with van der Waals surface area (Å²) in [6.45, 7) is 5.59. The van der Waals surface area contributed by atoms with Crippen LogP contribution in [-0.2, 0) is 19.4 Å². The van der Waals surface area contributed by atoms with Gasteiger partial charge in [0.25, 0.3) is 0 Å². The first kappa shape index (κ1) is 25.6. The molecule has 4 nitrogen and oxygen atoms in total. The Morgan fingerprint density at radius 2 is 1.53 bits per heavy atom. The molecule has 0 bridgehead atoms. The van der Waals surface area contributed by atoms with Crippen LogP contribution >= 0.6 is 0 Å². The molecule has 4 heteroatoms. The zero-order valence-electron chi connectivity index (χ0n) is 21.1. The van der Waals surface area contributed by atoms with Gasteiger partial charge in [-0.1, -0.05) is 56.7 Å². The molecule has 0 spiro atoms. The Hall–Kier alpha value is -2.98. The molecular formula is C30H39NO3.